The molecular formula is C16H17N3O2. The zero-order valence-electron chi connectivity index (χ0n) is 11.7. The van der Waals surface area contributed by atoms with Crippen molar-refractivity contribution in [1.29, 1.82) is 0 Å². The fourth-order valence-electron chi connectivity index (χ4n) is 1.91. The number of anilines is 1. The van der Waals surface area contributed by atoms with E-state index in [1.54, 1.807) is 6.92 Å². The van der Waals surface area contributed by atoms with Crippen LogP contribution in [-0.4, -0.2) is 18.0 Å². The molecule has 0 unspecified atom stereocenters. The Kier molecular flexibility index (Phi) is 4.56. The van der Waals surface area contributed by atoms with Gasteiger partial charge in [0.05, 0.1) is 0 Å². The van der Waals surface area contributed by atoms with Crippen LogP contribution < -0.4 is 16.4 Å². The Balaban J connectivity index is 2.03. The average Bonchev–Trinajstić information content (AvgIpc) is 2.48. The normalized spacial score (nSPS) is 11.5. The lowest BCUT2D eigenvalue weighted by atomic mass is 10.1. The van der Waals surface area contributed by atoms with Gasteiger partial charge in [-0.2, -0.15) is 0 Å². The second kappa shape index (κ2) is 6.56. The highest BCUT2D eigenvalue weighted by atomic mass is 16.2. The van der Waals surface area contributed by atoms with E-state index in [0.29, 0.717) is 5.69 Å². The molecule has 4 N–H and O–H groups in total. The summed E-state index contributed by atoms with van der Waals surface area (Å²) in [6.07, 6.45) is 0. The van der Waals surface area contributed by atoms with E-state index in [1.165, 1.54) is 0 Å². The van der Waals surface area contributed by atoms with Gasteiger partial charge in [-0.25, -0.2) is 4.79 Å². The van der Waals surface area contributed by atoms with Crippen molar-refractivity contribution < 1.29 is 9.59 Å². The minimum Gasteiger partial charge on any atom is -0.352 e. The van der Waals surface area contributed by atoms with Gasteiger partial charge in [0.15, 0.2) is 0 Å². The van der Waals surface area contributed by atoms with Crippen LogP contribution in [0.1, 0.15) is 6.92 Å². The van der Waals surface area contributed by atoms with Crippen LogP contribution in [-0.2, 0) is 4.79 Å². The predicted octanol–water partition coefficient (Wildman–Crippen LogP) is 2.35. The second-order valence-corrected chi connectivity index (χ2v) is 4.66. The molecule has 3 amide bonds. The molecular weight excluding hydrogens is 266 g/mol. The lowest BCUT2D eigenvalue weighted by molar-refractivity contribution is -0.117. The molecule has 5 heteroatoms. The Morgan fingerprint density at radius 2 is 1.52 bits per heavy atom. The first kappa shape index (κ1) is 14.6. The van der Waals surface area contributed by atoms with Crippen LogP contribution in [0.3, 0.4) is 0 Å². The zero-order valence-corrected chi connectivity index (χ0v) is 11.7. The van der Waals surface area contributed by atoms with Gasteiger partial charge in [-0.15, -0.1) is 0 Å². The van der Waals surface area contributed by atoms with Crippen molar-refractivity contribution >= 4 is 17.6 Å². The Labute approximate surface area is 123 Å². The molecule has 0 spiro atoms. The van der Waals surface area contributed by atoms with Gasteiger partial charge in [0.25, 0.3) is 0 Å². The molecule has 0 fully saturated rings. The summed E-state index contributed by atoms with van der Waals surface area (Å²) in [4.78, 5) is 22.5. The molecule has 1 atom stereocenters. The van der Waals surface area contributed by atoms with Crippen LogP contribution in [0, 0.1) is 0 Å². The first-order valence-electron chi connectivity index (χ1n) is 6.58. The van der Waals surface area contributed by atoms with Crippen molar-refractivity contribution in [3.05, 3.63) is 54.6 Å². The largest absolute Gasteiger partial charge is 0.352 e. The van der Waals surface area contributed by atoms with Crippen LogP contribution in [0.15, 0.2) is 54.6 Å². The van der Waals surface area contributed by atoms with Crippen LogP contribution in [0.2, 0.25) is 0 Å². The molecule has 0 aromatic heterocycles. The van der Waals surface area contributed by atoms with Crippen molar-refractivity contribution in [1.82, 2.24) is 5.32 Å². The molecule has 5 nitrogen and oxygen atoms in total. The fraction of sp³-hybridized carbons (Fsp3) is 0.125. The SMILES string of the molecule is C[C@@H](NC(N)=O)C(=O)Nc1ccc(-c2ccccc2)cc1. The van der Waals surface area contributed by atoms with E-state index in [1.807, 2.05) is 54.6 Å². The van der Waals surface area contributed by atoms with Crippen molar-refractivity contribution in [2.45, 2.75) is 13.0 Å². The number of rotatable bonds is 4. The summed E-state index contributed by atoms with van der Waals surface area (Å²) >= 11 is 0. The van der Waals surface area contributed by atoms with E-state index in [-0.39, 0.29) is 5.91 Å². The fourth-order valence-corrected chi connectivity index (χ4v) is 1.91. The monoisotopic (exact) mass is 283 g/mol. The molecule has 0 aliphatic heterocycles. The van der Waals surface area contributed by atoms with E-state index in [0.717, 1.165) is 11.1 Å². The molecule has 0 heterocycles. The summed E-state index contributed by atoms with van der Waals surface area (Å²) in [5, 5.41) is 5.04. The van der Waals surface area contributed by atoms with Crippen LogP contribution in [0.4, 0.5) is 10.5 Å². The molecule has 0 bridgehead atoms. The van der Waals surface area contributed by atoms with Gasteiger partial charge >= 0.3 is 6.03 Å². The number of hydrogen-bond acceptors (Lipinski definition) is 2. The molecule has 2 rings (SSSR count). The van der Waals surface area contributed by atoms with Gasteiger partial charge in [-0.05, 0) is 30.2 Å². The smallest absolute Gasteiger partial charge is 0.312 e. The van der Waals surface area contributed by atoms with E-state index in [9.17, 15) is 9.59 Å². The van der Waals surface area contributed by atoms with Gasteiger partial charge < -0.3 is 16.4 Å². The number of amides is 3. The number of urea groups is 1. The lowest BCUT2D eigenvalue weighted by Gasteiger charge is -2.12. The highest BCUT2D eigenvalue weighted by molar-refractivity contribution is 5.96. The predicted molar refractivity (Wildman–Crippen MR) is 82.7 cm³/mol. The number of carbonyl (C=O) groups is 2. The number of nitrogens with one attached hydrogen (secondary N) is 2. The van der Waals surface area contributed by atoms with Crippen LogP contribution >= 0.6 is 0 Å². The summed E-state index contributed by atoms with van der Waals surface area (Å²) < 4.78 is 0. The number of hydrogen-bond donors (Lipinski definition) is 3. The molecule has 108 valence electrons. The minimum absolute atomic E-state index is 0.318. The molecule has 21 heavy (non-hydrogen) atoms. The Bertz CT molecular complexity index is 624. The average molecular weight is 283 g/mol. The summed E-state index contributed by atoms with van der Waals surface area (Å²) in [6, 6.07) is 16.0. The van der Waals surface area contributed by atoms with Gasteiger partial charge in [0, 0.05) is 5.69 Å². The van der Waals surface area contributed by atoms with Gasteiger partial charge in [0.2, 0.25) is 5.91 Å². The van der Waals surface area contributed by atoms with Crippen LogP contribution in [0.25, 0.3) is 11.1 Å². The quantitative estimate of drug-likeness (QED) is 0.804. The molecule has 0 aliphatic rings. The second-order valence-electron chi connectivity index (χ2n) is 4.66. The molecule has 0 aliphatic carbocycles. The summed E-state index contributed by atoms with van der Waals surface area (Å²) in [6.45, 7) is 1.57. The lowest BCUT2D eigenvalue weighted by Crippen LogP contribution is -2.44. The third-order valence-corrected chi connectivity index (χ3v) is 3.01. The number of carbonyl (C=O) groups excluding carboxylic acids is 2. The third-order valence-electron chi connectivity index (χ3n) is 3.01. The topological polar surface area (TPSA) is 84.2 Å². The van der Waals surface area contributed by atoms with Crippen molar-refractivity contribution in [3.8, 4) is 11.1 Å². The van der Waals surface area contributed by atoms with Gasteiger partial charge in [-0.3, -0.25) is 4.79 Å². The van der Waals surface area contributed by atoms with Gasteiger partial charge in [0.1, 0.15) is 6.04 Å². The van der Waals surface area contributed by atoms with Crippen molar-refractivity contribution in [2.24, 2.45) is 5.73 Å². The van der Waals surface area contributed by atoms with Crippen molar-refractivity contribution in [3.63, 3.8) is 0 Å². The first-order chi connectivity index (χ1) is 10.1. The standard InChI is InChI=1S/C16H17N3O2/c1-11(18-16(17)21)15(20)19-14-9-7-13(8-10-14)12-5-3-2-4-6-12/h2-11H,1H3,(H,19,20)(H3,17,18,21)/t11-/m1/s1. The van der Waals surface area contributed by atoms with E-state index in [2.05, 4.69) is 10.6 Å². The maximum absolute atomic E-state index is 11.8. The summed E-state index contributed by atoms with van der Waals surface area (Å²) in [7, 11) is 0. The summed E-state index contributed by atoms with van der Waals surface area (Å²) in [5.74, 6) is -0.318. The molecule has 0 saturated heterocycles. The van der Waals surface area contributed by atoms with Crippen molar-refractivity contribution in [2.75, 3.05) is 5.32 Å². The van der Waals surface area contributed by atoms with Gasteiger partial charge in [-0.1, -0.05) is 42.5 Å². The molecule has 0 saturated carbocycles. The maximum atomic E-state index is 11.8. The Morgan fingerprint density at radius 3 is 2.10 bits per heavy atom. The van der Waals surface area contributed by atoms with Crippen LogP contribution in [0.5, 0.6) is 0 Å². The number of benzene rings is 2. The first-order valence-corrected chi connectivity index (χ1v) is 6.58. The maximum Gasteiger partial charge on any atom is 0.312 e. The van der Waals surface area contributed by atoms with E-state index < -0.39 is 12.1 Å². The Hall–Kier alpha value is -2.82. The Morgan fingerprint density at radius 1 is 0.952 bits per heavy atom. The van der Waals surface area contributed by atoms with E-state index >= 15 is 0 Å². The molecule has 0 radical (unpaired) electrons. The zero-order chi connectivity index (χ0) is 15.2. The van der Waals surface area contributed by atoms with E-state index in [4.69, 9.17) is 5.73 Å². The highest BCUT2D eigenvalue weighted by Gasteiger charge is 2.13. The number of primary amides is 1. The molecule has 2 aromatic carbocycles. The molecule has 2 aromatic rings. The summed E-state index contributed by atoms with van der Waals surface area (Å²) in [5.41, 5.74) is 7.82. The highest BCUT2D eigenvalue weighted by Crippen LogP contribution is 2.20. The number of nitrogens with two attached hydrogens (primary N) is 1. The minimum atomic E-state index is -0.725. The third kappa shape index (κ3) is 4.07.